The summed E-state index contributed by atoms with van der Waals surface area (Å²) in [6, 6.07) is 23.5. The number of hydrogen-bond acceptors (Lipinski definition) is 6. The van der Waals surface area contributed by atoms with Gasteiger partial charge >= 0.3 is 0 Å². The molecule has 8 heteroatoms. The normalized spacial score (nSPS) is 15.6. The molecule has 7 nitrogen and oxygen atoms in total. The monoisotopic (exact) mass is 498 g/mol. The van der Waals surface area contributed by atoms with Gasteiger partial charge in [-0.15, -0.1) is 0 Å². The van der Waals surface area contributed by atoms with Crippen LogP contribution >= 0.6 is 12.2 Å². The molecule has 0 saturated carbocycles. The molecule has 0 radical (unpaired) electrons. The first-order chi connectivity index (χ1) is 17.5. The maximum Gasteiger partial charge on any atom is 0.258 e. The smallest absolute Gasteiger partial charge is 0.258 e. The van der Waals surface area contributed by atoms with Crippen LogP contribution in [0.25, 0.3) is 17.0 Å². The summed E-state index contributed by atoms with van der Waals surface area (Å²) in [6.45, 7) is 4.04. The Labute approximate surface area is 215 Å². The van der Waals surface area contributed by atoms with Crippen LogP contribution in [0.1, 0.15) is 30.0 Å². The third-order valence-corrected chi connectivity index (χ3v) is 6.45. The second kappa shape index (κ2) is 9.83. The Morgan fingerprint density at radius 2 is 1.64 bits per heavy atom. The fourth-order valence-corrected chi connectivity index (χ4v) is 4.74. The Kier molecular flexibility index (Phi) is 6.43. The third-order valence-electron chi connectivity index (χ3n) is 6.14. The Morgan fingerprint density at radius 1 is 0.917 bits per heavy atom. The van der Waals surface area contributed by atoms with Gasteiger partial charge in [0.15, 0.2) is 5.11 Å². The SMILES string of the molecule is COc1cc(OC)cc(N2C(=S)NC(c3ccccc3)C(c3nc(-c4cccc(C)c4)no3)=C2C)c1. The molecule has 0 spiro atoms. The topological polar surface area (TPSA) is 72.7 Å². The van der Waals surface area contributed by atoms with Gasteiger partial charge in [0.1, 0.15) is 11.5 Å². The highest BCUT2D eigenvalue weighted by atomic mass is 32.1. The van der Waals surface area contributed by atoms with Crippen molar-refractivity contribution in [3.8, 4) is 22.9 Å². The van der Waals surface area contributed by atoms with E-state index in [0.29, 0.717) is 28.3 Å². The summed E-state index contributed by atoms with van der Waals surface area (Å²) >= 11 is 5.85. The van der Waals surface area contributed by atoms with Crippen LogP contribution in [0, 0.1) is 6.92 Å². The third kappa shape index (κ3) is 4.43. The van der Waals surface area contributed by atoms with Crippen molar-refractivity contribution < 1.29 is 14.0 Å². The molecule has 2 heterocycles. The number of nitrogens with one attached hydrogen (secondary N) is 1. The molecule has 1 aliphatic rings. The van der Waals surface area contributed by atoms with Gasteiger partial charge in [-0.25, -0.2) is 0 Å². The number of allylic oxidation sites excluding steroid dienone is 1. The van der Waals surface area contributed by atoms with Crippen molar-refractivity contribution in [1.82, 2.24) is 15.5 Å². The Bertz CT molecular complexity index is 1430. The fraction of sp³-hybridized carbons (Fsp3) is 0.179. The zero-order valence-electron chi connectivity index (χ0n) is 20.5. The maximum absolute atomic E-state index is 5.85. The molecule has 0 bridgehead atoms. The number of benzene rings is 3. The molecule has 182 valence electrons. The van der Waals surface area contributed by atoms with E-state index < -0.39 is 0 Å². The number of aryl methyl sites for hydroxylation is 1. The number of aromatic nitrogens is 2. The largest absolute Gasteiger partial charge is 0.497 e. The molecule has 1 N–H and O–H groups in total. The molecule has 0 fully saturated rings. The van der Waals surface area contributed by atoms with Gasteiger partial charge in [0, 0.05) is 29.5 Å². The quantitative estimate of drug-likeness (QED) is 0.328. The first-order valence-electron chi connectivity index (χ1n) is 11.5. The second-order valence-electron chi connectivity index (χ2n) is 8.49. The molecule has 0 aliphatic carbocycles. The summed E-state index contributed by atoms with van der Waals surface area (Å²) in [7, 11) is 3.24. The average molecular weight is 499 g/mol. The molecule has 4 aromatic rings. The van der Waals surface area contributed by atoms with E-state index in [1.807, 2.05) is 79.4 Å². The van der Waals surface area contributed by atoms with Gasteiger partial charge in [-0.2, -0.15) is 4.98 Å². The van der Waals surface area contributed by atoms with E-state index in [9.17, 15) is 0 Å². The van der Waals surface area contributed by atoms with Crippen LogP contribution in [-0.2, 0) is 0 Å². The standard InChI is InChI=1S/C28H26N4O3S/c1-17-9-8-12-20(13-17)26-30-27(35-31-26)24-18(2)32(21-14-22(33-3)16-23(15-21)34-4)28(36)29-25(24)19-10-6-5-7-11-19/h5-16,25H,1-4H3,(H,29,36). The Morgan fingerprint density at radius 3 is 2.31 bits per heavy atom. The number of methoxy groups -OCH3 is 2. The van der Waals surface area contributed by atoms with Gasteiger partial charge in [-0.1, -0.05) is 59.3 Å². The van der Waals surface area contributed by atoms with Crippen LogP contribution in [0.4, 0.5) is 5.69 Å². The molecule has 1 aliphatic heterocycles. The highest BCUT2D eigenvalue weighted by Crippen LogP contribution is 2.40. The minimum atomic E-state index is -0.270. The summed E-state index contributed by atoms with van der Waals surface area (Å²) in [6.07, 6.45) is 0. The molecule has 1 aromatic heterocycles. The number of anilines is 1. The molecular weight excluding hydrogens is 472 g/mol. The van der Waals surface area contributed by atoms with Crippen LogP contribution in [0.2, 0.25) is 0 Å². The van der Waals surface area contributed by atoms with E-state index in [1.54, 1.807) is 14.2 Å². The number of thiocarbonyl (C=S) groups is 1. The summed E-state index contributed by atoms with van der Waals surface area (Å²) in [5, 5.41) is 8.32. The summed E-state index contributed by atoms with van der Waals surface area (Å²) in [5.74, 6) is 2.27. The lowest BCUT2D eigenvalue weighted by Gasteiger charge is -2.37. The number of hydrogen-bond donors (Lipinski definition) is 1. The fourth-order valence-electron chi connectivity index (χ4n) is 4.38. The van der Waals surface area contributed by atoms with Gasteiger partial charge < -0.3 is 19.3 Å². The Balaban J connectivity index is 1.67. The van der Waals surface area contributed by atoms with Crippen LogP contribution in [0.5, 0.6) is 11.5 Å². The van der Waals surface area contributed by atoms with Crippen LogP contribution in [-0.4, -0.2) is 29.5 Å². The van der Waals surface area contributed by atoms with Gasteiger partial charge in [-0.3, -0.25) is 4.90 Å². The highest BCUT2D eigenvalue weighted by Gasteiger charge is 2.35. The van der Waals surface area contributed by atoms with Gasteiger partial charge in [0.05, 0.1) is 31.5 Å². The van der Waals surface area contributed by atoms with E-state index in [1.165, 1.54) is 0 Å². The maximum atomic E-state index is 5.85. The molecular formula is C28H26N4O3S. The summed E-state index contributed by atoms with van der Waals surface area (Å²) in [4.78, 5) is 6.73. The van der Waals surface area contributed by atoms with Crippen LogP contribution in [0.3, 0.4) is 0 Å². The van der Waals surface area contributed by atoms with Gasteiger partial charge in [0.2, 0.25) is 5.82 Å². The zero-order chi connectivity index (χ0) is 25.2. The molecule has 1 unspecified atom stereocenters. The van der Waals surface area contributed by atoms with Crippen molar-refractivity contribution in [2.75, 3.05) is 19.1 Å². The lowest BCUT2D eigenvalue weighted by atomic mass is 9.94. The van der Waals surface area contributed by atoms with Crippen LogP contribution in [0.15, 0.2) is 83.0 Å². The molecule has 5 rings (SSSR count). The van der Waals surface area contributed by atoms with Gasteiger partial charge in [0.25, 0.3) is 5.89 Å². The van der Waals surface area contributed by atoms with E-state index >= 15 is 0 Å². The Hall–Kier alpha value is -4.17. The van der Waals surface area contributed by atoms with Crippen molar-refractivity contribution >= 4 is 28.6 Å². The van der Waals surface area contributed by atoms with E-state index in [4.69, 9.17) is 31.2 Å². The predicted octanol–water partition coefficient (Wildman–Crippen LogP) is 5.93. The molecule has 3 aromatic carbocycles. The average Bonchev–Trinajstić information content (AvgIpc) is 3.38. The minimum Gasteiger partial charge on any atom is -0.497 e. The van der Waals surface area contributed by atoms with E-state index in [-0.39, 0.29) is 6.04 Å². The molecule has 0 saturated heterocycles. The predicted molar refractivity (Wildman–Crippen MR) is 144 cm³/mol. The number of nitrogens with zero attached hydrogens (tertiary/aromatic N) is 3. The van der Waals surface area contributed by atoms with Gasteiger partial charge in [-0.05, 0) is 37.7 Å². The second-order valence-corrected chi connectivity index (χ2v) is 8.88. The van der Waals surface area contributed by atoms with Crippen molar-refractivity contribution in [3.05, 3.63) is 95.5 Å². The molecule has 36 heavy (non-hydrogen) atoms. The van der Waals surface area contributed by atoms with E-state index in [2.05, 4.69) is 22.6 Å². The first-order valence-corrected chi connectivity index (χ1v) is 11.9. The highest BCUT2D eigenvalue weighted by molar-refractivity contribution is 7.80. The zero-order valence-corrected chi connectivity index (χ0v) is 21.3. The van der Waals surface area contributed by atoms with Crippen LogP contribution < -0.4 is 19.7 Å². The first kappa shape index (κ1) is 23.6. The lowest BCUT2D eigenvalue weighted by molar-refractivity contribution is 0.394. The van der Waals surface area contributed by atoms with Crippen molar-refractivity contribution in [1.29, 1.82) is 0 Å². The summed E-state index contributed by atoms with van der Waals surface area (Å²) in [5.41, 5.74) is 5.55. The minimum absolute atomic E-state index is 0.270. The number of rotatable bonds is 6. The molecule has 0 amide bonds. The number of ether oxygens (including phenoxy) is 2. The summed E-state index contributed by atoms with van der Waals surface area (Å²) < 4.78 is 16.8. The van der Waals surface area contributed by atoms with Crippen molar-refractivity contribution in [3.63, 3.8) is 0 Å². The molecule has 1 atom stereocenters. The van der Waals surface area contributed by atoms with Crippen molar-refractivity contribution in [2.45, 2.75) is 19.9 Å². The van der Waals surface area contributed by atoms with E-state index in [0.717, 1.165) is 33.6 Å². The van der Waals surface area contributed by atoms with Crippen molar-refractivity contribution in [2.24, 2.45) is 0 Å². The lowest BCUT2D eigenvalue weighted by Crippen LogP contribution is -2.46.